The first kappa shape index (κ1) is 13.1. The summed E-state index contributed by atoms with van der Waals surface area (Å²) in [5.41, 5.74) is 2.88. The largest absolute Gasteiger partial charge is 0.507 e. The fourth-order valence-electron chi connectivity index (χ4n) is 1.91. The van der Waals surface area contributed by atoms with E-state index < -0.39 is 0 Å². The molecule has 0 radical (unpaired) electrons. The summed E-state index contributed by atoms with van der Waals surface area (Å²) >= 11 is 0. The van der Waals surface area contributed by atoms with E-state index in [1.165, 1.54) is 0 Å². The Morgan fingerprint density at radius 2 is 1.95 bits per heavy atom. The average molecular weight is 255 g/mol. The maximum atomic E-state index is 12.1. The maximum Gasteiger partial charge on any atom is 0.259 e. The van der Waals surface area contributed by atoms with E-state index in [0.717, 1.165) is 17.7 Å². The van der Waals surface area contributed by atoms with Crippen LogP contribution in [0.3, 0.4) is 0 Å². The molecule has 0 fully saturated rings. The number of aromatic hydroxyl groups is 1. The number of hydrogen-bond donors (Lipinski definition) is 2. The summed E-state index contributed by atoms with van der Waals surface area (Å²) < 4.78 is 0. The Hall–Kier alpha value is -2.29. The van der Waals surface area contributed by atoms with Gasteiger partial charge < -0.3 is 10.4 Å². The fourth-order valence-corrected chi connectivity index (χ4v) is 1.91. The topological polar surface area (TPSA) is 49.3 Å². The Morgan fingerprint density at radius 3 is 2.68 bits per heavy atom. The van der Waals surface area contributed by atoms with Gasteiger partial charge in [0.15, 0.2) is 0 Å². The molecule has 1 amide bonds. The van der Waals surface area contributed by atoms with Crippen LogP contribution in [0.15, 0.2) is 42.5 Å². The summed E-state index contributed by atoms with van der Waals surface area (Å²) in [5, 5.41) is 12.7. The van der Waals surface area contributed by atoms with E-state index in [2.05, 4.69) is 12.2 Å². The molecule has 0 aliphatic heterocycles. The highest BCUT2D eigenvalue weighted by Crippen LogP contribution is 2.22. The van der Waals surface area contributed by atoms with Crippen LogP contribution in [-0.4, -0.2) is 11.0 Å². The zero-order valence-corrected chi connectivity index (χ0v) is 11.1. The van der Waals surface area contributed by atoms with Crippen molar-refractivity contribution in [2.24, 2.45) is 0 Å². The van der Waals surface area contributed by atoms with Gasteiger partial charge in [-0.3, -0.25) is 4.79 Å². The Balaban J connectivity index is 2.23. The van der Waals surface area contributed by atoms with Crippen LogP contribution in [0.1, 0.15) is 28.4 Å². The van der Waals surface area contributed by atoms with Crippen molar-refractivity contribution in [3.05, 3.63) is 59.2 Å². The van der Waals surface area contributed by atoms with Gasteiger partial charge in [0.05, 0.1) is 5.56 Å². The molecule has 0 saturated heterocycles. The maximum absolute atomic E-state index is 12.1. The number of aryl methyl sites for hydroxylation is 2. The SMILES string of the molecule is CCc1cccc(NC(=O)c2cccc(C)c2O)c1. The van der Waals surface area contributed by atoms with Gasteiger partial charge in [0.1, 0.15) is 5.75 Å². The molecule has 0 heterocycles. The molecule has 3 heteroatoms. The fraction of sp³-hybridized carbons (Fsp3) is 0.188. The summed E-state index contributed by atoms with van der Waals surface area (Å²) in [6, 6.07) is 12.8. The predicted molar refractivity (Wildman–Crippen MR) is 76.6 cm³/mol. The van der Waals surface area contributed by atoms with E-state index in [9.17, 15) is 9.90 Å². The van der Waals surface area contributed by atoms with E-state index in [4.69, 9.17) is 0 Å². The third kappa shape index (κ3) is 2.94. The molecule has 2 aromatic carbocycles. The Morgan fingerprint density at radius 1 is 1.21 bits per heavy atom. The Labute approximate surface area is 112 Å². The molecule has 3 nitrogen and oxygen atoms in total. The number of hydrogen-bond acceptors (Lipinski definition) is 2. The summed E-state index contributed by atoms with van der Waals surface area (Å²) in [7, 11) is 0. The lowest BCUT2D eigenvalue weighted by molar-refractivity contribution is 0.102. The highest BCUT2D eigenvalue weighted by molar-refractivity contribution is 6.06. The lowest BCUT2D eigenvalue weighted by atomic mass is 10.1. The van der Waals surface area contributed by atoms with Gasteiger partial charge in [-0.15, -0.1) is 0 Å². The zero-order valence-electron chi connectivity index (χ0n) is 11.1. The minimum Gasteiger partial charge on any atom is -0.507 e. The number of amides is 1. The van der Waals surface area contributed by atoms with Crippen LogP contribution in [0.25, 0.3) is 0 Å². The number of carbonyl (C=O) groups is 1. The Kier molecular flexibility index (Phi) is 3.85. The first-order valence-electron chi connectivity index (χ1n) is 6.30. The quantitative estimate of drug-likeness (QED) is 0.881. The number of para-hydroxylation sites is 1. The molecule has 19 heavy (non-hydrogen) atoms. The van der Waals surface area contributed by atoms with E-state index >= 15 is 0 Å². The van der Waals surface area contributed by atoms with Crippen molar-refractivity contribution >= 4 is 11.6 Å². The van der Waals surface area contributed by atoms with Crippen molar-refractivity contribution < 1.29 is 9.90 Å². The molecule has 0 spiro atoms. The number of phenolic OH excluding ortho intramolecular Hbond substituents is 1. The molecule has 2 aromatic rings. The second kappa shape index (κ2) is 5.57. The van der Waals surface area contributed by atoms with Crippen LogP contribution < -0.4 is 5.32 Å². The van der Waals surface area contributed by atoms with Crippen molar-refractivity contribution in [3.8, 4) is 5.75 Å². The van der Waals surface area contributed by atoms with Gasteiger partial charge in [-0.1, -0.05) is 31.2 Å². The monoisotopic (exact) mass is 255 g/mol. The highest BCUT2D eigenvalue weighted by atomic mass is 16.3. The summed E-state index contributed by atoms with van der Waals surface area (Å²) in [6.45, 7) is 3.83. The van der Waals surface area contributed by atoms with Gasteiger partial charge in [0, 0.05) is 5.69 Å². The third-order valence-corrected chi connectivity index (χ3v) is 3.08. The second-order valence-electron chi connectivity index (χ2n) is 4.48. The molecule has 0 saturated carbocycles. The normalized spacial score (nSPS) is 10.2. The second-order valence-corrected chi connectivity index (χ2v) is 4.48. The van der Waals surface area contributed by atoms with Crippen LogP contribution in [0, 0.1) is 6.92 Å². The van der Waals surface area contributed by atoms with Crippen LogP contribution in [-0.2, 0) is 6.42 Å². The van der Waals surface area contributed by atoms with E-state index in [-0.39, 0.29) is 11.7 Å². The summed E-state index contributed by atoms with van der Waals surface area (Å²) in [6.07, 6.45) is 0.916. The number of nitrogens with one attached hydrogen (secondary N) is 1. The van der Waals surface area contributed by atoms with Crippen molar-refractivity contribution in [2.45, 2.75) is 20.3 Å². The molecule has 2 rings (SSSR count). The molecule has 0 aromatic heterocycles. The summed E-state index contributed by atoms with van der Waals surface area (Å²) in [5.74, 6) is -0.263. The molecule has 0 bridgehead atoms. The molecule has 0 aliphatic rings. The van der Waals surface area contributed by atoms with Crippen LogP contribution in [0.2, 0.25) is 0 Å². The molecule has 0 unspecified atom stereocenters. The van der Waals surface area contributed by atoms with E-state index in [0.29, 0.717) is 11.1 Å². The molecule has 0 aliphatic carbocycles. The zero-order chi connectivity index (χ0) is 13.8. The standard InChI is InChI=1S/C16H17NO2/c1-3-12-7-5-8-13(10-12)17-16(19)14-9-4-6-11(2)15(14)18/h4-10,18H,3H2,1-2H3,(H,17,19). The highest BCUT2D eigenvalue weighted by Gasteiger charge is 2.12. The third-order valence-electron chi connectivity index (χ3n) is 3.08. The minimum atomic E-state index is -0.297. The predicted octanol–water partition coefficient (Wildman–Crippen LogP) is 3.52. The van der Waals surface area contributed by atoms with E-state index in [1.807, 2.05) is 24.3 Å². The number of carbonyl (C=O) groups excluding carboxylic acids is 1. The lowest BCUT2D eigenvalue weighted by Crippen LogP contribution is -2.12. The van der Waals surface area contributed by atoms with Gasteiger partial charge in [-0.2, -0.15) is 0 Å². The van der Waals surface area contributed by atoms with E-state index in [1.54, 1.807) is 25.1 Å². The molecule has 98 valence electrons. The first-order chi connectivity index (χ1) is 9.11. The van der Waals surface area contributed by atoms with Crippen molar-refractivity contribution in [1.82, 2.24) is 0 Å². The smallest absolute Gasteiger partial charge is 0.259 e. The van der Waals surface area contributed by atoms with Gasteiger partial charge in [0.25, 0.3) is 5.91 Å². The molecule has 2 N–H and O–H groups in total. The average Bonchev–Trinajstić information content (AvgIpc) is 2.42. The number of phenols is 1. The van der Waals surface area contributed by atoms with Crippen LogP contribution >= 0.6 is 0 Å². The van der Waals surface area contributed by atoms with Crippen molar-refractivity contribution in [2.75, 3.05) is 5.32 Å². The lowest BCUT2D eigenvalue weighted by Gasteiger charge is -2.09. The van der Waals surface area contributed by atoms with Crippen molar-refractivity contribution in [1.29, 1.82) is 0 Å². The van der Waals surface area contributed by atoms with Gasteiger partial charge in [-0.25, -0.2) is 0 Å². The van der Waals surface area contributed by atoms with Gasteiger partial charge >= 0.3 is 0 Å². The molecular formula is C16H17NO2. The number of benzene rings is 2. The van der Waals surface area contributed by atoms with Gasteiger partial charge in [0.2, 0.25) is 0 Å². The van der Waals surface area contributed by atoms with Crippen LogP contribution in [0.4, 0.5) is 5.69 Å². The van der Waals surface area contributed by atoms with Gasteiger partial charge in [-0.05, 0) is 42.7 Å². The molecular weight excluding hydrogens is 238 g/mol. The Bertz CT molecular complexity index is 605. The first-order valence-corrected chi connectivity index (χ1v) is 6.30. The summed E-state index contributed by atoms with van der Waals surface area (Å²) in [4.78, 5) is 12.1. The minimum absolute atomic E-state index is 0.0339. The van der Waals surface area contributed by atoms with Crippen LogP contribution in [0.5, 0.6) is 5.75 Å². The number of rotatable bonds is 3. The molecule has 0 atom stereocenters. The van der Waals surface area contributed by atoms with Crippen molar-refractivity contribution in [3.63, 3.8) is 0 Å². The number of anilines is 1.